The molecule has 3 rings (SSSR count). The van der Waals surface area contributed by atoms with Crippen molar-refractivity contribution >= 4 is 5.57 Å². The molecule has 1 fully saturated rings. The predicted molar refractivity (Wildman–Crippen MR) is 124 cm³/mol. The first-order valence-electron chi connectivity index (χ1n) is 12.5. The lowest BCUT2D eigenvalue weighted by molar-refractivity contribution is 0.218. The molecule has 0 heterocycles. The number of hydrogen-bond donors (Lipinski definition) is 0. The van der Waals surface area contributed by atoms with Crippen molar-refractivity contribution in [2.45, 2.75) is 96.8 Å². The largest absolute Gasteiger partial charge is 0.204 e. The Hall–Kier alpha value is -1.44. The summed E-state index contributed by atoms with van der Waals surface area (Å²) >= 11 is 0. The van der Waals surface area contributed by atoms with Crippen LogP contribution in [0, 0.1) is 29.4 Å². The molecule has 0 nitrogen and oxygen atoms in total. The summed E-state index contributed by atoms with van der Waals surface area (Å²) in [6.07, 6.45) is 25.4. The van der Waals surface area contributed by atoms with E-state index in [2.05, 4.69) is 19.1 Å². The van der Waals surface area contributed by atoms with E-state index in [1.54, 1.807) is 12.1 Å². The number of halogens is 2. The summed E-state index contributed by atoms with van der Waals surface area (Å²) in [5.41, 5.74) is 1.21. The number of hydrogen-bond acceptors (Lipinski definition) is 0. The van der Waals surface area contributed by atoms with Crippen LogP contribution in [0.25, 0.3) is 5.57 Å². The van der Waals surface area contributed by atoms with Crippen molar-refractivity contribution < 1.29 is 8.78 Å². The van der Waals surface area contributed by atoms with Crippen LogP contribution in [0.4, 0.5) is 8.78 Å². The van der Waals surface area contributed by atoms with Crippen LogP contribution in [0.1, 0.15) is 102 Å². The fourth-order valence-corrected chi connectivity index (χ4v) is 5.38. The first-order chi connectivity index (χ1) is 14.7. The fourth-order valence-electron chi connectivity index (χ4n) is 5.38. The molecule has 2 aliphatic carbocycles. The summed E-state index contributed by atoms with van der Waals surface area (Å²) in [4.78, 5) is 0. The average Bonchev–Trinajstić information content (AvgIpc) is 2.78. The summed E-state index contributed by atoms with van der Waals surface area (Å²) in [7, 11) is 0. The van der Waals surface area contributed by atoms with E-state index in [-0.39, 0.29) is 0 Å². The van der Waals surface area contributed by atoms with Crippen LogP contribution in [0.15, 0.2) is 36.4 Å². The normalized spacial score (nSPS) is 24.1. The van der Waals surface area contributed by atoms with Gasteiger partial charge >= 0.3 is 0 Å². The van der Waals surface area contributed by atoms with Crippen molar-refractivity contribution in [2.75, 3.05) is 0 Å². The molecule has 0 aromatic heterocycles. The second-order valence-electron chi connectivity index (χ2n) is 9.56. The van der Waals surface area contributed by atoms with E-state index in [1.165, 1.54) is 89.5 Å². The third-order valence-electron chi connectivity index (χ3n) is 7.36. The number of rotatable bonds is 11. The van der Waals surface area contributed by atoms with Gasteiger partial charge in [-0.05, 0) is 48.7 Å². The van der Waals surface area contributed by atoms with Crippen molar-refractivity contribution in [3.63, 3.8) is 0 Å². The van der Waals surface area contributed by atoms with Gasteiger partial charge in [0.1, 0.15) is 0 Å². The maximum atomic E-state index is 14.1. The Kier molecular flexibility index (Phi) is 9.62. The zero-order valence-corrected chi connectivity index (χ0v) is 18.9. The summed E-state index contributed by atoms with van der Waals surface area (Å²) in [6.45, 7) is 2.28. The predicted octanol–water partition coefficient (Wildman–Crippen LogP) is 9.26. The van der Waals surface area contributed by atoms with E-state index >= 15 is 0 Å². The summed E-state index contributed by atoms with van der Waals surface area (Å²) in [5.74, 6) is 0.758. The molecule has 1 atom stereocenters. The van der Waals surface area contributed by atoms with E-state index in [4.69, 9.17) is 0 Å². The van der Waals surface area contributed by atoms with Gasteiger partial charge in [0.05, 0.1) is 0 Å². The fraction of sp³-hybridized carbons (Fsp3) is 0.643. The molecule has 0 saturated heterocycles. The molecule has 2 heteroatoms. The minimum absolute atomic E-state index is 0.388. The Morgan fingerprint density at radius 2 is 1.57 bits per heavy atom. The van der Waals surface area contributed by atoms with Crippen LogP contribution in [-0.2, 0) is 0 Å². The molecule has 0 radical (unpaired) electrons. The van der Waals surface area contributed by atoms with E-state index in [9.17, 15) is 8.78 Å². The highest BCUT2D eigenvalue weighted by molar-refractivity contribution is 5.75. The van der Waals surface area contributed by atoms with Crippen LogP contribution in [0.3, 0.4) is 0 Å². The van der Waals surface area contributed by atoms with Gasteiger partial charge in [0.15, 0.2) is 11.6 Å². The van der Waals surface area contributed by atoms with Gasteiger partial charge in [-0.15, -0.1) is 0 Å². The van der Waals surface area contributed by atoms with Crippen molar-refractivity contribution in [1.29, 1.82) is 0 Å². The first-order valence-corrected chi connectivity index (χ1v) is 12.5. The lowest BCUT2D eigenvalue weighted by Gasteiger charge is -2.33. The molecule has 1 aromatic carbocycles. The van der Waals surface area contributed by atoms with Crippen LogP contribution >= 0.6 is 0 Å². The molecule has 2 aliphatic rings. The summed E-state index contributed by atoms with van der Waals surface area (Å²) in [6, 6.07) is 4.44. The Morgan fingerprint density at radius 1 is 0.867 bits per heavy atom. The first kappa shape index (κ1) is 23.2. The zero-order chi connectivity index (χ0) is 21.2. The molecule has 1 unspecified atom stereocenters. The van der Waals surface area contributed by atoms with Crippen molar-refractivity contribution in [3.05, 3.63) is 53.6 Å². The van der Waals surface area contributed by atoms with Gasteiger partial charge in [0, 0.05) is 5.56 Å². The molecular formula is C28H40F2. The topological polar surface area (TPSA) is 0 Å². The van der Waals surface area contributed by atoms with Crippen LogP contribution in [0.2, 0.25) is 0 Å². The van der Waals surface area contributed by atoms with Crippen LogP contribution < -0.4 is 0 Å². The van der Waals surface area contributed by atoms with Gasteiger partial charge in [-0.3, -0.25) is 0 Å². The molecule has 1 aromatic rings. The molecule has 166 valence electrons. The number of allylic oxidation sites excluding steroid dienone is 4. The molecule has 0 spiro atoms. The Balaban J connectivity index is 1.33. The van der Waals surface area contributed by atoms with Crippen molar-refractivity contribution in [1.82, 2.24) is 0 Å². The smallest absolute Gasteiger partial charge is 0.166 e. The molecule has 0 bridgehead atoms. The van der Waals surface area contributed by atoms with E-state index in [1.807, 2.05) is 6.08 Å². The Bertz CT molecular complexity index is 695. The maximum Gasteiger partial charge on any atom is 0.166 e. The van der Waals surface area contributed by atoms with Gasteiger partial charge in [-0.25, -0.2) is 8.78 Å². The van der Waals surface area contributed by atoms with Crippen LogP contribution in [-0.4, -0.2) is 0 Å². The standard InChI is InChI=1S/C28H40F2/c1-2-3-4-5-6-7-8-9-11-22-14-16-23(17-15-22)24-18-20-25(21-19-24)26-12-10-13-27(29)28(26)30/h10,12-13,18,20-24H,2-9,11,14-17,19H2,1H3/t22-,23-,24?. The second kappa shape index (κ2) is 12.4. The average molecular weight is 415 g/mol. The van der Waals surface area contributed by atoms with E-state index in [0.29, 0.717) is 11.5 Å². The minimum Gasteiger partial charge on any atom is -0.204 e. The van der Waals surface area contributed by atoms with Crippen molar-refractivity contribution in [2.24, 2.45) is 17.8 Å². The Labute approximate surface area is 182 Å². The summed E-state index contributed by atoms with van der Waals surface area (Å²) in [5, 5.41) is 0. The molecule has 30 heavy (non-hydrogen) atoms. The van der Waals surface area contributed by atoms with Crippen LogP contribution in [0.5, 0.6) is 0 Å². The summed E-state index contributed by atoms with van der Waals surface area (Å²) < 4.78 is 27.6. The minimum atomic E-state index is -0.765. The molecule has 0 amide bonds. The van der Waals surface area contributed by atoms with E-state index in [0.717, 1.165) is 23.8 Å². The number of unbranched alkanes of at least 4 members (excludes halogenated alkanes) is 7. The SMILES string of the molecule is CCCCCCCCCC[C@H]1CC[C@H](C2C=CC(c3cccc(F)c3F)=CC2)CC1. The third kappa shape index (κ3) is 6.79. The third-order valence-corrected chi connectivity index (χ3v) is 7.36. The molecule has 0 aliphatic heterocycles. The molecular weight excluding hydrogens is 374 g/mol. The zero-order valence-electron chi connectivity index (χ0n) is 18.9. The quantitative estimate of drug-likeness (QED) is 0.316. The van der Waals surface area contributed by atoms with Crippen molar-refractivity contribution in [3.8, 4) is 0 Å². The van der Waals surface area contributed by atoms with Gasteiger partial charge in [0.2, 0.25) is 0 Å². The van der Waals surface area contributed by atoms with Gasteiger partial charge in [-0.2, -0.15) is 0 Å². The highest BCUT2D eigenvalue weighted by atomic mass is 19.2. The highest BCUT2D eigenvalue weighted by Crippen LogP contribution is 2.40. The lowest BCUT2D eigenvalue weighted by Crippen LogP contribution is -2.21. The Morgan fingerprint density at radius 3 is 2.23 bits per heavy atom. The number of benzene rings is 1. The van der Waals surface area contributed by atoms with Gasteiger partial charge in [0.25, 0.3) is 0 Å². The van der Waals surface area contributed by atoms with Gasteiger partial charge in [-0.1, -0.05) is 108 Å². The second-order valence-corrected chi connectivity index (χ2v) is 9.56. The van der Waals surface area contributed by atoms with E-state index < -0.39 is 11.6 Å². The monoisotopic (exact) mass is 414 g/mol. The molecule has 0 N–H and O–H groups in total. The lowest BCUT2D eigenvalue weighted by atomic mass is 9.72. The molecule has 1 saturated carbocycles. The maximum absolute atomic E-state index is 14.1. The van der Waals surface area contributed by atoms with Gasteiger partial charge < -0.3 is 0 Å². The highest BCUT2D eigenvalue weighted by Gasteiger charge is 2.27.